The Kier molecular flexibility index (Phi) is 6.12. The van der Waals surface area contributed by atoms with Gasteiger partial charge < -0.3 is 24.2 Å². The van der Waals surface area contributed by atoms with Crippen molar-refractivity contribution in [3.63, 3.8) is 0 Å². The van der Waals surface area contributed by atoms with Crippen LogP contribution in [0.1, 0.15) is 12.8 Å². The highest BCUT2D eigenvalue weighted by molar-refractivity contribution is 7.91. The van der Waals surface area contributed by atoms with Crippen molar-refractivity contribution in [3.8, 4) is 17.2 Å². The smallest absolute Gasteiger partial charge is 0.210 e. The molecule has 4 rings (SSSR count). The van der Waals surface area contributed by atoms with E-state index in [2.05, 4.69) is 4.98 Å². The van der Waals surface area contributed by atoms with Crippen LogP contribution in [0.15, 0.2) is 52.4 Å². The largest absolute Gasteiger partial charge is 0.497 e. The zero-order valence-electron chi connectivity index (χ0n) is 18.2. The fourth-order valence-electron chi connectivity index (χ4n) is 3.98. The molecule has 0 aliphatic carbocycles. The summed E-state index contributed by atoms with van der Waals surface area (Å²) in [6, 6.07) is 9.78. The summed E-state index contributed by atoms with van der Waals surface area (Å²) in [5, 5.41) is 10.6. The topological polar surface area (TPSA) is 98.2 Å². The molecule has 0 saturated carbocycles. The van der Waals surface area contributed by atoms with Gasteiger partial charge in [0.05, 0.1) is 43.5 Å². The third-order valence-corrected chi connectivity index (χ3v) is 7.52. The number of aliphatic hydroxyl groups excluding tert-OH is 1. The molecule has 1 fully saturated rings. The number of piperidine rings is 1. The lowest BCUT2D eigenvalue weighted by Gasteiger charge is -2.33. The number of hydrogen-bond donors (Lipinski definition) is 1. The van der Waals surface area contributed by atoms with Gasteiger partial charge in [-0.3, -0.25) is 4.98 Å². The summed E-state index contributed by atoms with van der Waals surface area (Å²) in [4.78, 5) is 6.71. The minimum absolute atomic E-state index is 0.110. The number of nitrogens with zero attached hydrogens (tertiary/aromatic N) is 2. The van der Waals surface area contributed by atoms with Gasteiger partial charge in [-0.1, -0.05) is 0 Å². The van der Waals surface area contributed by atoms with Crippen LogP contribution in [0.25, 0.3) is 10.9 Å². The molecule has 0 bridgehead atoms. The van der Waals surface area contributed by atoms with Crippen LogP contribution in [0, 0.1) is 0 Å². The first-order valence-corrected chi connectivity index (χ1v) is 11.7. The van der Waals surface area contributed by atoms with Crippen molar-refractivity contribution >= 4 is 26.4 Å². The highest BCUT2D eigenvalue weighted by Gasteiger charge is 2.29. The van der Waals surface area contributed by atoms with Gasteiger partial charge in [-0.2, -0.15) is 0 Å². The van der Waals surface area contributed by atoms with Crippen molar-refractivity contribution < 1.29 is 27.7 Å². The van der Waals surface area contributed by atoms with E-state index in [0.29, 0.717) is 59.8 Å². The number of aromatic nitrogens is 1. The number of hydrogen-bond acceptors (Lipinski definition) is 8. The van der Waals surface area contributed by atoms with E-state index in [1.165, 1.54) is 32.5 Å². The molecule has 0 spiro atoms. The fourth-order valence-corrected chi connectivity index (χ4v) is 5.41. The summed E-state index contributed by atoms with van der Waals surface area (Å²) in [5.41, 5.74) is 1.15. The van der Waals surface area contributed by atoms with Gasteiger partial charge in [0.25, 0.3) is 0 Å². The average Bonchev–Trinajstić information content (AvgIpc) is 2.82. The van der Waals surface area contributed by atoms with Gasteiger partial charge in [0, 0.05) is 30.7 Å². The van der Waals surface area contributed by atoms with Crippen molar-refractivity contribution in [3.05, 3.63) is 42.6 Å². The van der Waals surface area contributed by atoms with Crippen LogP contribution < -0.4 is 19.1 Å². The number of sulfone groups is 1. The predicted octanol–water partition coefficient (Wildman–Crippen LogP) is 3.05. The highest BCUT2D eigenvalue weighted by atomic mass is 32.2. The molecule has 0 atom stereocenters. The van der Waals surface area contributed by atoms with Crippen molar-refractivity contribution in [1.82, 2.24) is 4.98 Å². The van der Waals surface area contributed by atoms with Crippen LogP contribution in [0.2, 0.25) is 0 Å². The SMILES string of the molecule is COc1ccc(S(=O)(=O)c2cnc3cc(OC)c(OC)cc3c2N2CCC(O)CC2)cc1. The van der Waals surface area contributed by atoms with E-state index in [1.54, 1.807) is 31.4 Å². The minimum atomic E-state index is -3.88. The van der Waals surface area contributed by atoms with Crippen LogP contribution in [0.3, 0.4) is 0 Å². The number of aliphatic hydroxyl groups is 1. The molecule has 32 heavy (non-hydrogen) atoms. The predicted molar refractivity (Wildman–Crippen MR) is 121 cm³/mol. The summed E-state index contributed by atoms with van der Waals surface area (Å²) < 4.78 is 43.4. The Bertz CT molecular complexity index is 1220. The number of pyridine rings is 1. The van der Waals surface area contributed by atoms with E-state index in [1.807, 2.05) is 4.90 Å². The first-order valence-electron chi connectivity index (χ1n) is 10.3. The monoisotopic (exact) mass is 458 g/mol. The standard InChI is InChI=1S/C23H26N2O6S/c1-29-16-4-6-17(7-5-16)32(27,28)22-14-24-19-13-21(31-3)20(30-2)12-18(19)23(22)25-10-8-15(26)9-11-25/h4-7,12-15,26H,8-11H2,1-3H3. The van der Waals surface area contributed by atoms with E-state index in [0.717, 1.165) is 0 Å². The maximum atomic E-state index is 13.7. The lowest BCUT2D eigenvalue weighted by atomic mass is 10.1. The Hall–Kier alpha value is -3.04. The second-order valence-corrected chi connectivity index (χ2v) is 9.51. The Morgan fingerprint density at radius 3 is 2.19 bits per heavy atom. The van der Waals surface area contributed by atoms with Gasteiger partial charge in [0.15, 0.2) is 11.5 Å². The van der Waals surface area contributed by atoms with E-state index < -0.39 is 15.9 Å². The zero-order valence-corrected chi connectivity index (χ0v) is 19.1. The van der Waals surface area contributed by atoms with Crippen LogP contribution in [-0.2, 0) is 9.84 Å². The number of methoxy groups -OCH3 is 3. The molecule has 8 nitrogen and oxygen atoms in total. The maximum Gasteiger partial charge on any atom is 0.210 e. The van der Waals surface area contributed by atoms with Gasteiger partial charge >= 0.3 is 0 Å². The summed E-state index contributed by atoms with van der Waals surface area (Å²) in [5.74, 6) is 1.57. The molecule has 1 aromatic heterocycles. The van der Waals surface area contributed by atoms with Crippen molar-refractivity contribution in [2.75, 3.05) is 39.3 Å². The highest BCUT2D eigenvalue weighted by Crippen LogP contribution is 2.41. The van der Waals surface area contributed by atoms with Gasteiger partial charge in [0.1, 0.15) is 10.6 Å². The molecule has 1 saturated heterocycles. The van der Waals surface area contributed by atoms with Crippen molar-refractivity contribution in [2.24, 2.45) is 0 Å². The van der Waals surface area contributed by atoms with Gasteiger partial charge in [-0.05, 0) is 43.2 Å². The first-order chi connectivity index (χ1) is 15.4. The number of fused-ring (bicyclic) bond motifs is 1. The Morgan fingerprint density at radius 2 is 1.59 bits per heavy atom. The molecule has 1 aliphatic heterocycles. The van der Waals surface area contributed by atoms with Gasteiger partial charge in [-0.25, -0.2) is 8.42 Å². The molecular formula is C23H26N2O6S. The molecule has 1 N–H and O–H groups in total. The molecule has 170 valence electrons. The second-order valence-electron chi connectivity index (χ2n) is 7.59. The molecular weight excluding hydrogens is 432 g/mol. The third-order valence-electron chi connectivity index (χ3n) is 5.75. The van der Waals surface area contributed by atoms with E-state index in [4.69, 9.17) is 14.2 Å². The molecule has 2 heterocycles. The quantitative estimate of drug-likeness (QED) is 0.602. The van der Waals surface area contributed by atoms with Crippen LogP contribution in [-0.4, -0.2) is 59.0 Å². The second kappa shape index (κ2) is 8.84. The van der Waals surface area contributed by atoms with Crippen LogP contribution in [0.5, 0.6) is 17.2 Å². The lowest BCUT2D eigenvalue weighted by Crippen LogP contribution is -2.36. The van der Waals surface area contributed by atoms with Gasteiger partial charge in [-0.15, -0.1) is 0 Å². The van der Waals surface area contributed by atoms with E-state index >= 15 is 0 Å². The number of anilines is 1. The minimum Gasteiger partial charge on any atom is -0.497 e. The zero-order chi connectivity index (χ0) is 22.9. The maximum absolute atomic E-state index is 13.7. The summed E-state index contributed by atoms with van der Waals surface area (Å²) in [6.07, 6.45) is 2.11. The number of rotatable bonds is 6. The molecule has 0 unspecified atom stereocenters. The average molecular weight is 459 g/mol. The normalized spacial score (nSPS) is 15.1. The fraction of sp³-hybridized carbons (Fsp3) is 0.348. The van der Waals surface area contributed by atoms with Crippen molar-refractivity contribution in [1.29, 1.82) is 0 Å². The first kappa shape index (κ1) is 22.2. The number of benzene rings is 2. The third kappa shape index (κ3) is 3.93. The summed E-state index contributed by atoms with van der Waals surface area (Å²) >= 11 is 0. The Morgan fingerprint density at radius 1 is 0.969 bits per heavy atom. The van der Waals surface area contributed by atoms with Crippen LogP contribution in [0.4, 0.5) is 5.69 Å². The molecule has 0 radical (unpaired) electrons. The van der Waals surface area contributed by atoms with Crippen LogP contribution >= 0.6 is 0 Å². The molecule has 3 aromatic rings. The summed E-state index contributed by atoms with van der Waals surface area (Å²) in [7, 11) is 0.725. The molecule has 9 heteroatoms. The Balaban J connectivity index is 1.95. The molecule has 2 aromatic carbocycles. The van der Waals surface area contributed by atoms with Gasteiger partial charge in [0.2, 0.25) is 9.84 Å². The van der Waals surface area contributed by atoms with E-state index in [9.17, 15) is 13.5 Å². The van der Waals surface area contributed by atoms with Crippen molar-refractivity contribution in [2.45, 2.75) is 28.7 Å². The Labute approximate surface area is 187 Å². The molecule has 1 aliphatic rings. The number of ether oxygens (including phenoxy) is 3. The summed E-state index contributed by atoms with van der Waals surface area (Å²) in [6.45, 7) is 1.06. The lowest BCUT2D eigenvalue weighted by molar-refractivity contribution is 0.145. The van der Waals surface area contributed by atoms with E-state index in [-0.39, 0.29) is 9.79 Å². The molecule has 0 amide bonds.